The highest BCUT2D eigenvalue weighted by atomic mass is 16.2. The van der Waals surface area contributed by atoms with Gasteiger partial charge in [-0.25, -0.2) is 9.36 Å². The fraction of sp³-hybridized carbons (Fsp3) is 0.474. The van der Waals surface area contributed by atoms with E-state index in [9.17, 15) is 4.79 Å². The van der Waals surface area contributed by atoms with E-state index in [2.05, 4.69) is 20.6 Å². The molecule has 0 unspecified atom stereocenters. The summed E-state index contributed by atoms with van der Waals surface area (Å²) < 4.78 is 5.55. The third-order valence-corrected chi connectivity index (χ3v) is 5.03. The second-order valence-corrected chi connectivity index (χ2v) is 7.32. The number of hydrogen-bond donors (Lipinski definition) is 1. The van der Waals surface area contributed by atoms with E-state index in [4.69, 9.17) is 0 Å². The normalized spacial score (nSPS) is 14.8. The number of carbonyl (C=O) groups excluding carboxylic acids is 1. The van der Waals surface area contributed by atoms with Gasteiger partial charge in [-0.1, -0.05) is 12.8 Å². The largest absolute Gasteiger partial charge is 0.305 e. The lowest BCUT2D eigenvalue weighted by atomic mass is 10.2. The minimum absolute atomic E-state index is 0.221. The highest BCUT2D eigenvalue weighted by Gasteiger charge is 2.22. The molecular weight excluding hydrogens is 342 g/mol. The Labute approximate surface area is 158 Å². The first-order valence-corrected chi connectivity index (χ1v) is 9.41. The fourth-order valence-electron chi connectivity index (χ4n) is 3.73. The van der Waals surface area contributed by atoms with Crippen LogP contribution < -0.4 is 5.32 Å². The monoisotopic (exact) mass is 367 g/mol. The number of aromatic nitrogens is 6. The molecule has 27 heavy (non-hydrogen) atoms. The second-order valence-electron chi connectivity index (χ2n) is 7.32. The molecule has 0 bridgehead atoms. The van der Waals surface area contributed by atoms with E-state index in [0.717, 1.165) is 35.7 Å². The molecule has 0 radical (unpaired) electrons. The zero-order valence-corrected chi connectivity index (χ0v) is 16.0. The molecule has 3 aromatic heterocycles. The minimum atomic E-state index is -0.221. The molecule has 3 aromatic rings. The van der Waals surface area contributed by atoms with Crippen molar-refractivity contribution in [2.45, 2.75) is 59.2 Å². The first kappa shape index (κ1) is 17.5. The van der Waals surface area contributed by atoms with Crippen molar-refractivity contribution >= 4 is 11.7 Å². The van der Waals surface area contributed by atoms with Gasteiger partial charge >= 0.3 is 0 Å². The van der Waals surface area contributed by atoms with Crippen molar-refractivity contribution in [1.29, 1.82) is 0 Å². The van der Waals surface area contributed by atoms with Gasteiger partial charge in [0.15, 0.2) is 5.69 Å². The average Bonchev–Trinajstić information content (AvgIpc) is 3.37. The van der Waals surface area contributed by atoms with Crippen molar-refractivity contribution in [1.82, 2.24) is 29.3 Å². The van der Waals surface area contributed by atoms with E-state index < -0.39 is 0 Å². The predicted molar refractivity (Wildman–Crippen MR) is 102 cm³/mol. The predicted octanol–water partition coefficient (Wildman–Crippen LogP) is 3.07. The molecule has 0 aromatic carbocycles. The van der Waals surface area contributed by atoms with Crippen molar-refractivity contribution in [3.63, 3.8) is 0 Å². The Morgan fingerprint density at radius 3 is 2.56 bits per heavy atom. The summed E-state index contributed by atoms with van der Waals surface area (Å²) >= 11 is 0. The van der Waals surface area contributed by atoms with Crippen molar-refractivity contribution in [2.24, 2.45) is 0 Å². The second kappa shape index (κ2) is 7.02. The summed E-state index contributed by atoms with van der Waals surface area (Å²) in [4.78, 5) is 12.7. The Balaban J connectivity index is 1.48. The van der Waals surface area contributed by atoms with Crippen LogP contribution >= 0.6 is 0 Å². The highest BCUT2D eigenvalue weighted by molar-refractivity contribution is 6.02. The maximum absolute atomic E-state index is 12.7. The molecule has 0 aliphatic heterocycles. The first-order chi connectivity index (χ1) is 13.0. The smallest absolute Gasteiger partial charge is 0.277 e. The lowest BCUT2D eigenvalue weighted by Gasteiger charge is -2.14. The van der Waals surface area contributed by atoms with Crippen LogP contribution in [-0.4, -0.2) is 35.2 Å². The third kappa shape index (κ3) is 3.65. The molecule has 8 heteroatoms. The van der Waals surface area contributed by atoms with E-state index >= 15 is 0 Å². The van der Waals surface area contributed by atoms with Gasteiger partial charge in [0, 0.05) is 18.0 Å². The van der Waals surface area contributed by atoms with Crippen molar-refractivity contribution in [3.8, 4) is 0 Å². The summed E-state index contributed by atoms with van der Waals surface area (Å²) in [7, 11) is 0. The lowest BCUT2D eigenvalue weighted by Crippen LogP contribution is -2.19. The Morgan fingerprint density at radius 2 is 1.85 bits per heavy atom. The zero-order chi connectivity index (χ0) is 19.0. The summed E-state index contributed by atoms with van der Waals surface area (Å²) in [6.45, 7) is 6.39. The summed E-state index contributed by atoms with van der Waals surface area (Å²) in [6, 6.07) is 6.04. The van der Waals surface area contributed by atoms with Crippen molar-refractivity contribution < 1.29 is 4.79 Å². The summed E-state index contributed by atoms with van der Waals surface area (Å²) in [6.07, 6.45) is 6.45. The van der Waals surface area contributed by atoms with E-state index in [1.165, 1.54) is 12.8 Å². The van der Waals surface area contributed by atoms with Crippen molar-refractivity contribution in [2.75, 3.05) is 5.32 Å². The molecule has 1 N–H and O–H groups in total. The van der Waals surface area contributed by atoms with Crippen LogP contribution in [0.3, 0.4) is 0 Å². The molecular formula is C19H25N7O. The highest BCUT2D eigenvalue weighted by Crippen LogP contribution is 2.31. The van der Waals surface area contributed by atoms with Gasteiger partial charge in [-0.3, -0.25) is 9.48 Å². The van der Waals surface area contributed by atoms with Gasteiger partial charge in [0.2, 0.25) is 0 Å². The number of nitrogens with zero attached hydrogens (tertiary/aromatic N) is 6. The van der Waals surface area contributed by atoms with Crippen LogP contribution in [0, 0.1) is 20.8 Å². The first-order valence-electron chi connectivity index (χ1n) is 9.41. The van der Waals surface area contributed by atoms with Gasteiger partial charge < -0.3 is 5.32 Å². The minimum Gasteiger partial charge on any atom is -0.305 e. The molecule has 142 valence electrons. The van der Waals surface area contributed by atoms with Crippen LogP contribution in [0.25, 0.3) is 0 Å². The van der Waals surface area contributed by atoms with Crippen LogP contribution in [0.15, 0.2) is 24.4 Å². The lowest BCUT2D eigenvalue weighted by molar-refractivity contribution is 0.102. The Hall–Kier alpha value is -2.90. The van der Waals surface area contributed by atoms with Crippen LogP contribution in [0.4, 0.5) is 5.82 Å². The molecule has 1 fully saturated rings. The van der Waals surface area contributed by atoms with Crippen LogP contribution in [0.2, 0.25) is 0 Å². The standard InChI is InChI=1S/C19H25N7O/c1-13-10-15(3)25(21-13)12-24-9-8-17(23-24)19(27)20-18-11-14(2)22-26(18)16-6-4-5-7-16/h8-11,16H,4-7,12H2,1-3H3,(H,20,27). The molecule has 0 atom stereocenters. The van der Waals surface area contributed by atoms with Gasteiger partial charge in [0.05, 0.1) is 17.4 Å². The molecule has 3 heterocycles. The van der Waals surface area contributed by atoms with E-state index in [1.54, 1.807) is 16.9 Å². The number of nitrogens with one attached hydrogen (secondary N) is 1. The Kier molecular flexibility index (Phi) is 4.55. The fourth-order valence-corrected chi connectivity index (χ4v) is 3.73. The third-order valence-electron chi connectivity index (χ3n) is 5.03. The van der Waals surface area contributed by atoms with Gasteiger partial charge in [0.25, 0.3) is 5.91 Å². The zero-order valence-electron chi connectivity index (χ0n) is 16.0. The molecule has 4 rings (SSSR count). The van der Waals surface area contributed by atoms with Crippen LogP contribution in [-0.2, 0) is 6.67 Å². The maximum Gasteiger partial charge on any atom is 0.277 e. The van der Waals surface area contributed by atoms with Crippen LogP contribution in [0.5, 0.6) is 0 Å². The maximum atomic E-state index is 12.7. The molecule has 1 aliphatic rings. The summed E-state index contributed by atoms with van der Waals surface area (Å²) in [5.74, 6) is 0.527. The topological polar surface area (TPSA) is 82.6 Å². The Bertz CT molecular complexity index is 959. The summed E-state index contributed by atoms with van der Waals surface area (Å²) in [5, 5.41) is 16.4. The molecule has 1 amide bonds. The number of amides is 1. The molecule has 0 saturated heterocycles. The Morgan fingerprint density at radius 1 is 1.11 bits per heavy atom. The average molecular weight is 367 g/mol. The van der Waals surface area contributed by atoms with Gasteiger partial charge in [-0.05, 0) is 45.7 Å². The SMILES string of the molecule is Cc1cc(C)n(Cn2ccc(C(=O)Nc3cc(C)nn3C3CCCC3)n2)n1. The molecule has 1 aliphatic carbocycles. The van der Waals surface area contributed by atoms with Gasteiger partial charge in [-0.2, -0.15) is 15.3 Å². The van der Waals surface area contributed by atoms with E-state index in [0.29, 0.717) is 18.4 Å². The van der Waals surface area contributed by atoms with Gasteiger partial charge in [-0.15, -0.1) is 0 Å². The van der Waals surface area contributed by atoms with E-state index in [-0.39, 0.29) is 5.91 Å². The number of aryl methyl sites for hydroxylation is 3. The van der Waals surface area contributed by atoms with Crippen LogP contribution in [0.1, 0.15) is 59.3 Å². The quantitative estimate of drug-likeness (QED) is 0.751. The molecule has 1 saturated carbocycles. The molecule has 8 nitrogen and oxygen atoms in total. The number of rotatable bonds is 5. The van der Waals surface area contributed by atoms with E-state index in [1.807, 2.05) is 42.3 Å². The summed E-state index contributed by atoms with van der Waals surface area (Å²) in [5.41, 5.74) is 3.32. The number of carbonyl (C=O) groups is 1. The van der Waals surface area contributed by atoms with Crippen molar-refractivity contribution in [3.05, 3.63) is 47.2 Å². The number of anilines is 1. The van der Waals surface area contributed by atoms with Gasteiger partial charge in [0.1, 0.15) is 12.5 Å². The number of hydrogen-bond acceptors (Lipinski definition) is 4. The molecule has 0 spiro atoms.